The molecule has 1 N–H and O–H groups in total. The summed E-state index contributed by atoms with van der Waals surface area (Å²) in [5.41, 5.74) is 4.37. The molecule has 2 aliphatic heterocycles. The summed E-state index contributed by atoms with van der Waals surface area (Å²) in [6.07, 6.45) is 4.20. The van der Waals surface area contributed by atoms with E-state index in [2.05, 4.69) is 34.3 Å². The molecule has 1 saturated heterocycles. The van der Waals surface area contributed by atoms with Crippen molar-refractivity contribution >= 4 is 67.8 Å². The van der Waals surface area contributed by atoms with Crippen LogP contribution in [0.3, 0.4) is 0 Å². The van der Waals surface area contributed by atoms with Gasteiger partial charge >= 0.3 is 0 Å². The van der Waals surface area contributed by atoms with Crippen LogP contribution in [0.4, 0.5) is 5.69 Å². The van der Waals surface area contributed by atoms with Crippen molar-refractivity contribution in [3.63, 3.8) is 0 Å². The minimum atomic E-state index is -0.128. The SMILES string of the molecule is CC[C@@H]1C(C(=O)NN2CCCCC2)=NN(c2ccc(Cl)cc2Cl)[C@@H]1c1ccc(Br)s1. The molecule has 0 spiro atoms. The fraction of sp³-hybridized carbons (Fsp3) is 0.429. The number of benzene rings is 1. The van der Waals surface area contributed by atoms with E-state index >= 15 is 0 Å². The molecular formula is C21H23BrCl2N4OS. The number of piperidine rings is 1. The second kappa shape index (κ2) is 9.57. The van der Waals surface area contributed by atoms with Gasteiger partial charge in [-0.1, -0.05) is 36.5 Å². The van der Waals surface area contributed by atoms with E-state index in [1.165, 1.54) is 6.42 Å². The van der Waals surface area contributed by atoms with E-state index in [0.29, 0.717) is 15.8 Å². The summed E-state index contributed by atoms with van der Waals surface area (Å²) in [5.74, 6) is -0.177. The second-order valence-corrected chi connectivity index (χ2v) is 10.9. The van der Waals surface area contributed by atoms with Gasteiger partial charge in [0.05, 0.1) is 20.5 Å². The zero-order valence-electron chi connectivity index (χ0n) is 16.6. The second-order valence-electron chi connectivity index (χ2n) is 7.52. The fourth-order valence-electron chi connectivity index (χ4n) is 4.09. The first kappa shape index (κ1) is 22.1. The molecule has 30 heavy (non-hydrogen) atoms. The number of hydrogen-bond acceptors (Lipinski definition) is 5. The third kappa shape index (κ3) is 4.55. The van der Waals surface area contributed by atoms with E-state index in [4.69, 9.17) is 28.3 Å². The Balaban J connectivity index is 1.70. The van der Waals surface area contributed by atoms with Gasteiger partial charge in [0, 0.05) is 28.9 Å². The number of thiophene rings is 1. The Morgan fingerprint density at radius 2 is 2.00 bits per heavy atom. The van der Waals surface area contributed by atoms with Crippen LogP contribution in [0.25, 0.3) is 0 Å². The molecule has 160 valence electrons. The van der Waals surface area contributed by atoms with Gasteiger partial charge in [-0.05, 0) is 65.5 Å². The van der Waals surface area contributed by atoms with Gasteiger partial charge in [0.1, 0.15) is 5.71 Å². The first-order valence-corrected chi connectivity index (χ1v) is 12.5. The molecule has 2 aliphatic rings. The van der Waals surface area contributed by atoms with Gasteiger partial charge in [-0.3, -0.25) is 15.2 Å². The zero-order chi connectivity index (χ0) is 21.3. The third-order valence-electron chi connectivity index (χ3n) is 5.54. The number of anilines is 1. The van der Waals surface area contributed by atoms with E-state index in [-0.39, 0.29) is 17.9 Å². The summed E-state index contributed by atoms with van der Waals surface area (Å²) in [4.78, 5) is 14.3. The molecular weight excluding hydrogens is 507 g/mol. The minimum Gasteiger partial charge on any atom is -0.284 e. The van der Waals surface area contributed by atoms with Gasteiger partial charge in [0.2, 0.25) is 0 Å². The smallest absolute Gasteiger partial charge is 0.282 e. The van der Waals surface area contributed by atoms with Crippen LogP contribution < -0.4 is 10.4 Å². The maximum absolute atomic E-state index is 13.2. The molecule has 2 atom stereocenters. The van der Waals surface area contributed by atoms with Crippen molar-refractivity contribution in [3.8, 4) is 0 Å². The van der Waals surface area contributed by atoms with Crippen molar-refractivity contribution in [1.82, 2.24) is 10.4 Å². The lowest BCUT2D eigenvalue weighted by Crippen LogP contribution is -2.48. The Bertz CT molecular complexity index is 960. The molecule has 9 heteroatoms. The lowest BCUT2D eigenvalue weighted by Gasteiger charge is -2.28. The Labute approximate surface area is 199 Å². The highest BCUT2D eigenvalue weighted by Crippen LogP contribution is 2.46. The van der Waals surface area contributed by atoms with Crippen LogP contribution in [-0.2, 0) is 4.79 Å². The monoisotopic (exact) mass is 528 g/mol. The standard InChI is InChI=1S/C21H23BrCl2N4OS/c1-2-14-19(21(29)26-27-10-4-3-5-11-27)25-28(16-7-6-13(23)12-15(16)24)20(14)17-8-9-18(22)30-17/h6-9,12,14,20H,2-5,10-11H2,1H3,(H,26,29)/t14-,20+/m1/s1. The van der Waals surface area contributed by atoms with Gasteiger partial charge in [0.15, 0.2) is 0 Å². The van der Waals surface area contributed by atoms with Crippen LogP contribution in [0.5, 0.6) is 0 Å². The molecule has 0 bridgehead atoms. The predicted octanol–water partition coefficient (Wildman–Crippen LogP) is 6.28. The summed E-state index contributed by atoms with van der Waals surface area (Å²) < 4.78 is 1.04. The molecule has 5 nitrogen and oxygen atoms in total. The lowest BCUT2D eigenvalue weighted by molar-refractivity contribution is -0.120. The van der Waals surface area contributed by atoms with E-state index in [0.717, 1.165) is 46.7 Å². The highest BCUT2D eigenvalue weighted by Gasteiger charge is 2.42. The first-order chi connectivity index (χ1) is 14.5. The molecule has 0 aliphatic carbocycles. The Hall–Kier alpha value is -1.12. The van der Waals surface area contributed by atoms with Crippen molar-refractivity contribution < 1.29 is 4.79 Å². The molecule has 1 aromatic carbocycles. The molecule has 3 heterocycles. The summed E-state index contributed by atoms with van der Waals surface area (Å²) >= 11 is 17.9. The maximum Gasteiger partial charge on any atom is 0.282 e. The molecule has 0 saturated carbocycles. The molecule has 0 radical (unpaired) electrons. The minimum absolute atomic E-state index is 0.0490. The fourth-order valence-corrected chi connectivity index (χ4v) is 6.16. The third-order valence-corrected chi connectivity index (χ3v) is 7.77. The first-order valence-electron chi connectivity index (χ1n) is 10.1. The van der Waals surface area contributed by atoms with Crippen LogP contribution in [0.1, 0.15) is 43.5 Å². The lowest BCUT2D eigenvalue weighted by atomic mass is 9.91. The van der Waals surface area contributed by atoms with Gasteiger partial charge in [0.25, 0.3) is 5.91 Å². The maximum atomic E-state index is 13.2. The summed E-state index contributed by atoms with van der Waals surface area (Å²) in [5, 5.41) is 9.78. The number of hydrazone groups is 1. The van der Waals surface area contributed by atoms with Crippen molar-refractivity contribution in [2.24, 2.45) is 11.0 Å². The van der Waals surface area contributed by atoms with E-state index in [9.17, 15) is 4.79 Å². The van der Waals surface area contributed by atoms with Crippen molar-refractivity contribution in [2.75, 3.05) is 18.1 Å². The molecule has 0 unspecified atom stereocenters. The normalized spacial score (nSPS) is 22.3. The number of rotatable bonds is 5. The molecule has 1 amide bonds. The molecule has 1 aromatic heterocycles. The number of halogens is 3. The van der Waals surface area contributed by atoms with Crippen molar-refractivity contribution in [2.45, 2.75) is 38.6 Å². The van der Waals surface area contributed by atoms with E-state index in [1.54, 1.807) is 23.5 Å². The average Bonchev–Trinajstić information content (AvgIpc) is 3.32. The highest BCUT2D eigenvalue weighted by atomic mass is 79.9. The Morgan fingerprint density at radius 3 is 2.63 bits per heavy atom. The van der Waals surface area contributed by atoms with Gasteiger partial charge in [-0.2, -0.15) is 5.10 Å². The Kier molecular flexibility index (Phi) is 7.05. The zero-order valence-corrected chi connectivity index (χ0v) is 20.5. The Morgan fingerprint density at radius 1 is 1.23 bits per heavy atom. The number of nitrogens with zero attached hydrogens (tertiary/aromatic N) is 3. The molecule has 4 rings (SSSR count). The number of hydrogen-bond donors (Lipinski definition) is 1. The van der Waals surface area contributed by atoms with Crippen LogP contribution in [0.15, 0.2) is 39.2 Å². The number of hydrazine groups is 1. The van der Waals surface area contributed by atoms with Gasteiger partial charge < -0.3 is 0 Å². The number of nitrogens with one attached hydrogen (secondary N) is 1. The summed E-state index contributed by atoms with van der Waals surface area (Å²) in [7, 11) is 0. The van der Waals surface area contributed by atoms with Gasteiger partial charge in [-0.25, -0.2) is 5.01 Å². The van der Waals surface area contributed by atoms with E-state index < -0.39 is 0 Å². The van der Waals surface area contributed by atoms with Crippen LogP contribution in [0.2, 0.25) is 10.0 Å². The van der Waals surface area contributed by atoms with E-state index in [1.807, 2.05) is 22.2 Å². The topological polar surface area (TPSA) is 47.9 Å². The number of carbonyl (C=O) groups is 1. The largest absolute Gasteiger partial charge is 0.284 e. The number of amides is 1. The van der Waals surface area contributed by atoms with Crippen LogP contribution in [-0.4, -0.2) is 29.7 Å². The summed E-state index contributed by atoms with van der Waals surface area (Å²) in [6.45, 7) is 3.85. The highest BCUT2D eigenvalue weighted by molar-refractivity contribution is 9.11. The summed E-state index contributed by atoms with van der Waals surface area (Å²) in [6, 6.07) is 9.38. The average molecular weight is 530 g/mol. The quantitative estimate of drug-likeness (QED) is 0.496. The predicted molar refractivity (Wildman–Crippen MR) is 128 cm³/mol. The number of carbonyl (C=O) groups excluding carboxylic acids is 1. The molecule has 1 fully saturated rings. The molecule has 2 aromatic rings. The van der Waals surface area contributed by atoms with Crippen molar-refractivity contribution in [3.05, 3.63) is 49.0 Å². The van der Waals surface area contributed by atoms with Crippen molar-refractivity contribution in [1.29, 1.82) is 0 Å². The van der Waals surface area contributed by atoms with Gasteiger partial charge in [-0.15, -0.1) is 11.3 Å². The van der Waals surface area contributed by atoms with Crippen LogP contribution in [0, 0.1) is 5.92 Å². The van der Waals surface area contributed by atoms with Crippen LogP contribution >= 0.6 is 50.5 Å².